The Balaban J connectivity index is 1.89. The van der Waals surface area contributed by atoms with Gasteiger partial charge in [0.05, 0.1) is 5.92 Å². The van der Waals surface area contributed by atoms with Crippen LogP contribution in [0.5, 0.6) is 0 Å². The maximum absolute atomic E-state index is 13.0. The maximum Gasteiger partial charge on any atom is 0.224 e. The number of carbonyl (C=O) groups excluding carboxylic acids is 1. The predicted octanol–water partition coefficient (Wildman–Crippen LogP) is 4.22. The molecule has 1 amide bonds. The Hall–Kier alpha value is -2.35. The molecule has 0 unspecified atom stereocenters. The molecule has 2 bridgehead atoms. The molecule has 0 heterocycles. The van der Waals surface area contributed by atoms with Gasteiger partial charge in [-0.1, -0.05) is 68.0 Å². The predicted molar refractivity (Wildman–Crippen MR) is 97.0 cm³/mol. The van der Waals surface area contributed by atoms with Gasteiger partial charge in [-0.25, -0.2) is 0 Å². The molecule has 2 nitrogen and oxygen atoms in total. The van der Waals surface area contributed by atoms with Crippen molar-refractivity contribution in [3.05, 3.63) is 83.4 Å². The van der Waals surface area contributed by atoms with Crippen LogP contribution in [0.3, 0.4) is 0 Å². The van der Waals surface area contributed by atoms with Crippen LogP contribution in [0.1, 0.15) is 47.4 Å². The minimum Gasteiger partial charge on any atom is -0.352 e. The third kappa shape index (κ3) is 2.06. The molecule has 122 valence electrons. The molecule has 3 aliphatic rings. The van der Waals surface area contributed by atoms with E-state index in [9.17, 15) is 4.79 Å². The van der Waals surface area contributed by atoms with Crippen molar-refractivity contribution in [2.75, 3.05) is 6.54 Å². The van der Waals surface area contributed by atoms with E-state index in [1.807, 2.05) is 0 Å². The topological polar surface area (TPSA) is 29.1 Å². The number of carbonyl (C=O) groups is 1. The van der Waals surface area contributed by atoms with Crippen molar-refractivity contribution in [2.45, 2.75) is 25.2 Å². The molecule has 0 saturated heterocycles. The van der Waals surface area contributed by atoms with E-state index in [0.29, 0.717) is 18.4 Å². The first-order valence-corrected chi connectivity index (χ1v) is 8.84. The Labute approximate surface area is 143 Å². The molecule has 0 radical (unpaired) electrons. The third-order valence-corrected chi connectivity index (χ3v) is 5.78. The van der Waals surface area contributed by atoms with E-state index in [-0.39, 0.29) is 17.7 Å². The highest BCUT2D eigenvalue weighted by molar-refractivity contribution is 5.83. The summed E-state index contributed by atoms with van der Waals surface area (Å²) in [6, 6.07) is 17.4. The second-order valence-corrected chi connectivity index (χ2v) is 6.84. The maximum atomic E-state index is 13.0. The summed E-state index contributed by atoms with van der Waals surface area (Å²) in [5.74, 6) is 1.01. The summed E-state index contributed by atoms with van der Waals surface area (Å²) in [6.45, 7) is 6.47. The van der Waals surface area contributed by atoms with Gasteiger partial charge in [0, 0.05) is 18.4 Å². The highest BCUT2D eigenvalue weighted by atomic mass is 16.1. The smallest absolute Gasteiger partial charge is 0.224 e. The molecule has 24 heavy (non-hydrogen) atoms. The molecule has 3 aliphatic carbocycles. The fourth-order valence-corrected chi connectivity index (χ4v) is 4.92. The molecular formula is C22H23NO. The lowest BCUT2D eigenvalue weighted by Crippen LogP contribution is -2.47. The molecule has 0 saturated carbocycles. The lowest BCUT2D eigenvalue weighted by molar-refractivity contribution is -0.128. The van der Waals surface area contributed by atoms with Crippen LogP contribution in [-0.2, 0) is 4.79 Å². The van der Waals surface area contributed by atoms with Crippen molar-refractivity contribution in [3.63, 3.8) is 0 Å². The molecule has 2 atom stereocenters. The average molecular weight is 317 g/mol. The quantitative estimate of drug-likeness (QED) is 0.840. The van der Waals surface area contributed by atoms with Crippen LogP contribution < -0.4 is 5.32 Å². The fourth-order valence-electron chi connectivity index (χ4n) is 4.92. The third-order valence-electron chi connectivity index (χ3n) is 5.78. The first-order valence-electron chi connectivity index (χ1n) is 8.84. The fraction of sp³-hybridized carbons (Fsp3) is 0.318. The van der Waals surface area contributed by atoms with Gasteiger partial charge >= 0.3 is 0 Å². The van der Waals surface area contributed by atoms with Crippen molar-refractivity contribution < 1.29 is 4.79 Å². The van der Waals surface area contributed by atoms with Crippen LogP contribution >= 0.6 is 0 Å². The number of hydrogen-bond acceptors (Lipinski definition) is 1. The van der Waals surface area contributed by atoms with Gasteiger partial charge < -0.3 is 5.32 Å². The summed E-state index contributed by atoms with van der Waals surface area (Å²) in [4.78, 5) is 13.0. The molecule has 5 rings (SSSR count). The SMILES string of the molecule is C=CCNC(=O)[C@@H]1C2c3ccccc3C(c3ccccc32)[C@H]1CC. The van der Waals surface area contributed by atoms with Crippen LogP contribution in [0.15, 0.2) is 61.2 Å². The van der Waals surface area contributed by atoms with Crippen LogP contribution in [0, 0.1) is 11.8 Å². The van der Waals surface area contributed by atoms with Gasteiger partial charge in [-0.15, -0.1) is 6.58 Å². The monoisotopic (exact) mass is 317 g/mol. The van der Waals surface area contributed by atoms with E-state index in [0.717, 1.165) is 6.42 Å². The molecule has 0 aromatic heterocycles. The van der Waals surface area contributed by atoms with Crippen LogP contribution in [-0.4, -0.2) is 12.5 Å². The number of hydrogen-bond donors (Lipinski definition) is 1. The van der Waals surface area contributed by atoms with Gasteiger partial charge in [0.1, 0.15) is 0 Å². The molecule has 2 heteroatoms. The summed E-state index contributed by atoms with van der Waals surface area (Å²) < 4.78 is 0. The van der Waals surface area contributed by atoms with Gasteiger partial charge in [0.2, 0.25) is 5.91 Å². The molecule has 1 N–H and O–H groups in total. The molecule has 0 spiro atoms. The first-order chi connectivity index (χ1) is 11.8. The van der Waals surface area contributed by atoms with Crippen molar-refractivity contribution in [1.29, 1.82) is 0 Å². The zero-order chi connectivity index (χ0) is 16.7. The number of fused-ring (bicyclic) bond motifs is 1. The Morgan fingerprint density at radius 3 is 1.96 bits per heavy atom. The number of nitrogens with one attached hydrogen (secondary N) is 1. The zero-order valence-corrected chi connectivity index (χ0v) is 14.0. The van der Waals surface area contributed by atoms with Gasteiger partial charge in [0.15, 0.2) is 0 Å². The van der Waals surface area contributed by atoms with Crippen LogP contribution in [0.4, 0.5) is 0 Å². The van der Waals surface area contributed by atoms with Crippen molar-refractivity contribution in [1.82, 2.24) is 5.32 Å². The Morgan fingerprint density at radius 1 is 1.00 bits per heavy atom. The minimum absolute atomic E-state index is 0.00440. The Morgan fingerprint density at radius 2 is 1.50 bits per heavy atom. The number of rotatable bonds is 4. The highest BCUT2D eigenvalue weighted by Gasteiger charge is 2.51. The van der Waals surface area contributed by atoms with Gasteiger partial charge in [-0.3, -0.25) is 4.79 Å². The highest BCUT2D eigenvalue weighted by Crippen LogP contribution is 2.59. The lowest BCUT2D eigenvalue weighted by atomic mass is 9.53. The molecule has 0 fully saturated rings. The van der Waals surface area contributed by atoms with E-state index < -0.39 is 0 Å². The van der Waals surface area contributed by atoms with Crippen LogP contribution in [0.2, 0.25) is 0 Å². The van der Waals surface area contributed by atoms with E-state index in [2.05, 4.69) is 67.4 Å². The minimum atomic E-state index is 0.00440. The summed E-state index contributed by atoms with van der Waals surface area (Å²) in [5.41, 5.74) is 5.51. The second-order valence-electron chi connectivity index (χ2n) is 6.84. The summed E-state index contributed by atoms with van der Waals surface area (Å²) in [7, 11) is 0. The molecule has 0 aliphatic heterocycles. The average Bonchev–Trinajstić information content (AvgIpc) is 2.65. The van der Waals surface area contributed by atoms with Crippen molar-refractivity contribution >= 4 is 5.91 Å². The van der Waals surface area contributed by atoms with E-state index >= 15 is 0 Å². The first kappa shape index (κ1) is 15.2. The zero-order valence-electron chi connectivity index (χ0n) is 14.0. The van der Waals surface area contributed by atoms with Gasteiger partial charge in [-0.05, 0) is 28.2 Å². The van der Waals surface area contributed by atoms with E-state index in [4.69, 9.17) is 0 Å². The number of amides is 1. The van der Waals surface area contributed by atoms with Crippen LogP contribution in [0.25, 0.3) is 0 Å². The van der Waals surface area contributed by atoms with Crippen molar-refractivity contribution in [2.24, 2.45) is 11.8 Å². The Kier molecular flexibility index (Phi) is 3.76. The molecule has 2 aromatic rings. The summed E-state index contributed by atoms with van der Waals surface area (Å²) in [6.07, 6.45) is 2.76. The van der Waals surface area contributed by atoms with E-state index in [1.165, 1.54) is 22.3 Å². The Bertz CT molecular complexity index is 747. The number of benzene rings is 2. The standard InChI is InChI=1S/C22H23NO/c1-3-13-23-22(24)21-14(4-2)19-15-9-5-7-11-17(15)20(21)18-12-8-6-10-16(18)19/h3,5-12,14,19-21H,1,4,13H2,2H3,(H,23,24)/t14-,19?,20?,21+/m1/s1. The molecule has 2 aromatic carbocycles. The largest absolute Gasteiger partial charge is 0.352 e. The van der Waals surface area contributed by atoms with E-state index in [1.54, 1.807) is 6.08 Å². The van der Waals surface area contributed by atoms with Gasteiger partial charge in [0.25, 0.3) is 0 Å². The lowest BCUT2D eigenvalue weighted by Gasteiger charge is -2.50. The molecular weight excluding hydrogens is 294 g/mol. The summed E-state index contributed by atoms with van der Waals surface area (Å²) in [5, 5.41) is 3.06. The normalized spacial score (nSPS) is 26.4. The van der Waals surface area contributed by atoms with Crippen molar-refractivity contribution in [3.8, 4) is 0 Å². The summed E-state index contributed by atoms with van der Waals surface area (Å²) >= 11 is 0. The second kappa shape index (κ2) is 5.94. The van der Waals surface area contributed by atoms with Gasteiger partial charge in [-0.2, -0.15) is 0 Å².